The molecule has 0 aliphatic rings. The molecule has 6 heteroatoms. The van der Waals surface area contributed by atoms with Crippen molar-refractivity contribution in [3.63, 3.8) is 0 Å². The van der Waals surface area contributed by atoms with Crippen LogP contribution in [-0.4, -0.2) is 6.17 Å². The molecule has 0 amide bonds. The Morgan fingerprint density at radius 3 is 2.07 bits per heavy atom. The second kappa shape index (κ2) is 9.71. The van der Waals surface area contributed by atoms with E-state index < -0.39 is 6.17 Å². The highest BCUT2D eigenvalue weighted by atomic mass is 15.3. The van der Waals surface area contributed by atoms with Gasteiger partial charge in [0, 0.05) is 9.82 Å². The highest BCUT2D eigenvalue weighted by Gasteiger charge is 2.01. The maximum Gasteiger partial charge on any atom is 0.116 e. The van der Waals surface area contributed by atoms with Crippen LogP contribution in [0.2, 0.25) is 0 Å². The zero-order valence-electron chi connectivity index (χ0n) is 8.50. The zero-order valence-corrected chi connectivity index (χ0v) is 8.50. The van der Waals surface area contributed by atoms with E-state index in [0.717, 1.165) is 12.8 Å². The summed E-state index contributed by atoms with van der Waals surface area (Å²) >= 11 is 0. The van der Waals surface area contributed by atoms with Gasteiger partial charge < -0.3 is 0 Å². The minimum absolute atomic E-state index is 0.549. The monoisotopic (exact) mass is 196 g/mol. The van der Waals surface area contributed by atoms with Crippen LogP contribution < -0.4 is 0 Å². The second-order valence-corrected chi connectivity index (χ2v) is 3.09. The zero-order chi connectivity index (χ0) is 10.6. The fourth-order valence-corrected chi connectivity index (χ4v) is 1.19. The number of hydrogen-bond acceptors (Lipinski definition) is 2. The SMILES string of the molecule is CCCCCCCC(N=[N+]=[N-])N=[N+]=[N-]. The van der Waals surface area contributed by atoms with Gasteiger partial charge in [-0.3, -0.25) is 0 Å². The van der Waals surface area contributed by atoms with Gasteiger partial charge in [-0.2, -0.15) is 0 Å². The van der Waals surface area contributed by atoms with Gasteiger partial charge in [-0.15, -0.1) is 0 Å². The summed E-state index contributed by atoms with van der Waals surface area (Å²) in [4.78, 5) is 5.26. The lowest BCUT2D eigenvalue weighted by atomic mass is 10.1. The largest absolute Gasteiger partial charge is 0.116 e. The molecule has 6 nitrogen and oxygen atoms in total. The molecule has 0 saturated heterocycles. The molecule has 0 heterocycles. The lowest BCUT2D eigenvalue weighted by Gasteiger charge is -2.02. The molecule has 0 bridgehead atoms. The van der Waals surface area contributed by atoms with Crippen LogP contribution in [0.25, 0.3) is 20.9 Å². The Labute approximate surface area is 83.6 Å². The molecule has 0 aromatic heterocycles. The van der Waals surface area contributed by atoms with Crippen LogP contribution in [0.15, 0.2) is 10.2 Å². The molecule has 14 heavy (non-hydrogen) atoms. The van der Waals surface area contributed by atoms with E-state index in [0.29, 0.717) is 6.42 Å². The second-order valence-electron chi connectivity index (χ2n) is 3.09. The van der Waals surface area contributed by atoms with Crippen LogP contribution in [0.3, 0.4) is 0 Å². The van der Waals surface area contributed by atoms with E-state index in [2.05, 4.69) is 27.0 Å². The average Bonchev–Trinajstić information content (AvgIpc) is 2.18. The smallest absolute Gasteiger partial charge is 0.0846 e. The highest BCUT2D eigenvalue weighted by molar-refractivity contribution is 4.64. The molecule has 0 fully saturated rings. The predicted octanol–water partition coefficient (Wildman–Crippen LogP) is 4.29. The van der Waals surface area contributed by atoms with Crippen molar-refractivity contribution < 1.29 is 0 Å². The molecule has 0 aromatic carbocycles. The van der Waals surface area contributed by atoms with Gasteiger partial charge in [-0.25, -0.2) is 0 Å². The summed E-state index contributed by atoms with van der Waals surface area (Å²) in [5.41, 5.74) is 16.4. The van der Waals surface area contributed by atoms with E-state index in [1.54, 1.807) is 0 Å². The first-order valence-corrected chi connectivity index (χ1v) is 4.93. The van der Waals surface area contributed by atoms with Gasteiger partial charge in [0.2, 0.25) is 0 Å². The number of hydrogen-bond donors (Lipinski definition) is 0. The average molecular weight is 196 g/mol. The van der Waals surface area contributed by atoms with E-state index in [1.807, 2.05) is 0 Å². The fraction of sp³-hybridized carbons (Fsp3) is 1.00. The van der Waals surface area contributed by atoms with Gasteiger partial charge >= 0.3 is 0 Å². The van der Waals surface area contributed by atoms with Gasteiger partial charge in [0.15, 0.2) is 0 Å². The fourth-order valence-electron chi connectivity index (χ4n) is 1.19. The predicted molar refractivity (Wildman–Crippen MR) is 55.5 cm³/mol. The van der Waals surface area contributed by atoms with Crippen molar-refractivity contribution in [2.24, 2.45) is 10.2 Å². The van der Waals surface area contributed by atoms with E-state index in [4.69, 9.17) is 11.1 Å². The summed E-state index contributed by atoms with van der Waals surface area (Å²) in [5, 5.41) is 6.78. The summed E-state index contributed by atoms with van der Waals surface area (Å²) < 4.78 is 0. The lowest BCUT2D eigenvalue weighted by molar-refractivity contribution is 0.548. The Morgan fingerprint density at radius 2 is 1.57 bits per heavy atom. The molecular formula is C8H16N6. The molecule has 0 aliphatic heterocycles. The number of unbranched alkanes of at least 4 members (excludes halogenated alkanes) is 4. The molecule has 0 rings (SSSR count). The third-order valence-corrected chi connectivity index (χ3v) is 1.94. The summed E-state index contributed by atoms with van der Waals surface area (Å²) in [7, 11) is 0. The molecular weight excluding hydrogens is 180 g/mol. The van der Waals surface area contributed by atoms with Crippen molar-refractivity contribution in [3.05, 3.63) is 20.9 Å². The molecule has 0 saturated carbocycles. The van der Waals surface area contributed by atoms with Crippen LogP contribution in [0, 0.1) is 0 Å². The van der Waals surface area contributed by atoms with Crippen molar-refractivity contribution in [3.8, 4) is 0 Å². The minimum Gasteiger partial charge on any atom is -0.0846 e. The van der Waals surface area contributed by atoms with E-state index in [1.165, 1.54) is 19.3 Å². The first-order chi connectivity index (χ1) is 6.85. The van der Waals surface area contributed by atoms with Gasteiger partial charge in [-0.1, -0.05) is 49.3 Å². The van der Waals surface area contributed by atoms with Gasteiger partial charge in [0.1, 0.15) is 6.17 Å². The van der Waals surface area contributed by atoms with Gasteiger partial charge in [-0.05, 0) is 17.5 Å². The molecule has 0 aromatic rings. The molecule has 0 aliphatic carbocycles. The summed E-state index contributed by atoms with van der Waals surface area (Å²) in [5.74, 6) is 0. The van der Waals surface area contributed by atoms with Crippen LogP contribution in [0.4, 0.5) is 0 Å². The quantitative estimate of drug-likeness (QED) is 0.239. The van der Waals surface area contributed by atoms with Crippen LogP contribution in [0.1, 0.15) is 45.4 Å². The van der Waals surface area contributed by atoms with Gasteiger partial charge in [0.25, 0.3) is 0 Å². The maximum absolute atomic E-state index is 8.18. The van der Waals surface area contributed by atoms with E-state index >= 15 is 0 Å². The van der Waals surface area contributed by atoms with Crippen molar-refractivity contribution in [1.29, 1.82) is 0 Å². The Hall–Kier alpha value is -1.38. The molecule has 0 radical (unpaired) electrons. The molecule has 0 atom stereocenters. The number of nitrogens with zero attached hydrogens (tertiary/aromatic N) is 6. The standard InChI is InChI=1S/C8H16N6/c1-2-3-4-5-6-7-8(11-13-9)12-14-10/h8H,2-7H2,1H3. The topological polar surface area (TPSA) is 97.5 Å². The summed E-state index contributed by atoms with van der Waals surface area (Å²) in [6.07, 6.45) is 5.78. The van der Waals surface area contributed by atoms with Crippen LogP contribution >= 0.6 is 0 Å². The summed E-state index contributed by atoms with van der Waals surface area (Å²) in [6, 6.07) is 0. The van der Waals surface area contributed by atoms with Crippen molar-refractivity contribution in [1.82, 2.24) is 0 Å². The number of azide groups is 1. The molecule has 0 unspecified atom stereocenters. The normalized spacial score (nSPS) is 11.2. The van der Waals surface area contributed by atoms with Gasteiger partial charge in [0.05, 0.1) is 0 Å². The summed E-state index contributed by atoms with van der Waals surface area (Å²) in [6.45, 7) is 2.16. The Bertz CT molecular complexity index is 208. The van der Waals surface area contributed by atoms with Crippen molar-refractivity contribution in [2.75, 3.05) is 0 Å². The molecule has 0 N–H and O–H groups in total. The molecule has 0 spiro atoms. The Balaban J connectivity index is 3.61. The van der Waals surface area contributed by atoms with E-state index in [9.17, 15) is 0 Å². The minimum atomic E-state index is -0.549. The first-order valence-electron chi connectivity index (χ1n) is 4.93. The Kier molecular flexibility index (Phi) is 8.75. The van der Waals surface area contributed by atoms with Crippen molar-refractivity contribution >= 4 is 0 Å². The number of rotatable bonds is 8. The highest BCUT2D eigenvalue weighted by Crippen LogP contribution is 2.10. The lowest BCUT2D eigenvalue weighted by Crippen LogP contribution is -1.97. The van der Waals surface area contributed by atoms with Crippen LogP contribution in [0.5, 0.6) is 0 Å². The Morgan fingerprint density at radius 1 is 1.00 bits per heavy atom. The third kappa shape index (κ3) is 7.28. The third-order valence-electron chi connectivity index (χ3n) is 1.94. The van der Waals surface area contributed by atoms with Crippen molar-refractivity contribution in [2.45, 2.75) is 51.6 Å². The van der Waals surface area contributed by atoms with Crippen LogP contribution in [-0.2, 0) is 0 Å². The first kappa shape index (κ1) is 12.6. The van der Waals surface area contributed by atoms with E-state index in [-0.39, 0.29) is 0 Å². The maximum atomic E-state index is 8.18. The molecule has 78 valence electrons.